The standard InChI is InChI=1S/C19H17INO.BrH/c20-18-8-4-5-9-19(18)22-15-17-10-12-21(13-11-17)14-16-6-2-1-3-7-16;/h1-13H,14-15H2;1H/q+1;/p-1. The second-order valence-electron chi connectivity index (χ2n) is 5.08. The van der Waals surface area contributed by atoms with Gasteiger partial charge >= 0.3 is 0 Å². The molecule has 0 saturated heterocycles. The normalized spacial score (nSPS) is 9.96. The fourth-order valence-electron chi connectivity index (χ4n) is 2.21. The molecule has 2 nitrogen and oxygen atoms in total. The summed E-state index contributed by atoms with van der Waals surface area (Å²) in [5.41, 5.74) is 2.47. The van der Waals surface area contributed by atoms with Crippen molar-refractivity contribution in [3.05, 3.63) is 93.8 Å². The lowest BCUT2D eigenvalue weighted by molar-refractivity contribution is -0.688. The van der Waals surface area contributed by atoms with Gasteiger partial charge in [0.2, 0.25) is 0 Å². The van der Waals surface area contributed by atoms with Gasteiger partial charge in [0.05, 0.1) is 3.57 Å². The lowest BCUT2D eigenvalue weighted by Crippen LogP contribution is -3.00. The zero-order valence-corrected chi connectivity index (χ0v) is 16.3. The minimum Gasteiger partial charge on any atom is -1.00 e. The molecule has 0 aliphatic rings. The number of nitrogens with zero attached hydrogens (tertiary/aromatic N) is 1. The number of hydrogen-bond acceptors (Lipinski definition) is 1. The van der Waals surface area contributed by atoms with E-state index in [9.17, 15) is 0 Å². The summed E-state index contributed by atoms with van der Waals surface area (Å²) in [5.74, 6) is 0.934. The predicted octanol–water partition coefficient (Wildman–Crippen LogP) is 1.21. The van der Waals surface area contributed by atoms with Crippen LogP contribution in [0, 0.1) is 3.57 Å². The molecule has 3 aromatic rings. The first-order valence-electron chi connectivity index (χ1n) is 7.20. The van der Waals surface area contributed by atoms with E-state index in [4.69, 9.17) is 4.74 Å². The third-order valence-electron chi connectivity index (χ3n) is 3.40. The van der Waals surface area contributed by atoms with Crippen LogP contribution in [0.25, 0.3) is 0 Å². The van der Waals surface area contributed by atoms with Crippen molar-refractivity contribution in [1.29, 1.82) is 0 Å². The van der Waals surface area contributed by atoms with Gasteiger partial charge in [0.25, 0.3) is 0 Å². The Morgan fingerprint density at radius 2 is 1.43 bits per heavy atom. The van der Waals surface area contributed by atoms with E-state index < -0.39 is 0 Å². The molecule has 0 amide bonds. The molecular formula is C19H17BrINO. The first-order valence-corrected chi connectivity index (χ1v) is 8.28. The molecule has 0 fully saturated rings. The minimum absolute atomic E-state index is 0. The van der Waals surface area contributed by atoms with Crippen LogP contribution in [-0.4, -0.2) is 0 Å². The van der Waals surface area contributed by atoms with Gasteiger partial charge in [-0.05, 0) is 34.7 Å². The minimum atomic E-state index is 0. The molecule has 4 heteroatoms. The Morgan fingerprint density at radius 1 is 0.783 bits per heavy atom. The molecule has 1 aromatic heterocycles. The van der Waals surface area contributed by atoms with E-state index in [2.05, 4.69) is 82.0 Å². The monoisotopic (exact) mass is 481 g/mol. The number of rotatable bonds is 5. The van der Waals surface area contributed by atoms with Gasteiger partial charge in [-0.2, -0.15) is 0 Å². The molecule has 0 bridgehead atoms. The smallest absolute Gasteiger partial charge is 0.173 e. The lowest BCUT2D eigenvalue weighted by atomic mass is 10.2. The number of hydrogen-bond donors (Lipinski definition) is 0. The van der Waals surface area contributed by atoms with Crippen LogP contribution in [0.2, 0.25) is 0 Å². The van der Waals surface area contributed by atoms with E-state index in [1.165, 1.54) is 11.1 Å². The average Bonchev–Trinajstić information content (AvgIpc) is 2.56. The average molecular weight is 482 g/mol. The van der Waals surface area contributed by atoms with Gasteiger partial charge in [0.15, 0.2) is 18.9 Å². The maximum atomic E-state index is 5.86. The predicted molar refractivity (Wildman–Crippen MR) is 95.7 cm³/mol. The van der Waals surface area contributed by atoms with Crippen molar-refractivity contribution in [3.8, 4) is 5.75 Å². The highest BCUT2D eigenvalue weighted by Gasteiger charge is 2.04. The van der Waals surface area contributed by atoms with Crippen molar-refractivity contribution >= 4 is 22.6 Å². The second kappa shape index (κ2) is 9.03. The number of aromatic nitrogens is 1. The molecule has 0 unspecified atom stereocenters. The molecule has 0 saturated carbocycles. The number of para-hydroxylation sites is 1. The molecule has 0 aliphatic heterocycles. The molecule has 0 aliphatic carbocycles. The summed E-state index contributed by atoms with van der Waals surface area (Å²) >= 11 is 2.29. The Bertz CT molecular complexity index is 732. The molecule has 1 heterocycles. The molecule has 0 spiro atoms. The molecule has 2 aromatic carbocycles. The van der Waals surface area contributed by atoms with Crippen LogP contribution in [0.4, 0.5) is 0 Å². The Hall–Kier alpha value is -1.40. The van der Waals surface area contributed by atoms with Crippen LogP contribution in [0.15, 0.2) is 79.1 Å². The number of benzene rings is 2. The van der Waals surface area contributed by atoms with Gasteiger partial charge in [0, 0.05) is 23.3 Å². The molecule has 23 heavy (non-hydrogen) atoms. The van der Waals surface area contributed by atoms with Gasteiger partial charge in [0.1, 0.15) is 12.4 Å². The summed E-state index contributed by atoms with van der Waals surface area (Å²) in [5, 5.41) is 0. The lowest BCUT2D eigenvalue weighted by Gasteiger charge is -2.07. The molecule has 0 radical (unpaired) electrons. The summed E-state index contributed by atoms with van der Waals surface area (Å²) < 4.78 is 9.17. The molecule has 0 N–H and O–H groups in total. The quantitative estimate of drug-likeness (QED) is 0.394. The van der Waals surface area contributed by atoms with Crippen LogP contribution in [-0.2, 0) is 13.2 Å². The third-order valence-corrected chi connectivity index (χ3v) is 4.29. The molecule has 3 rings (SSSR count). The summed E-state index contributed by atoms with van der Waals surface area (Å²) in [6, 6.07) is 22.7. The van der Waals surface area contributed by atoms with Crippen molar-refractivity contribution in [3.63, 3.8) is 0 Å². The highest BCUT2D eigenvalue weighted by atomic mass is 127. The van der Waals surface area contributed by atoms with Crippen molar-refractivity contribution in [1.82, 2.24) is 0 Å². The first-order chi connectivity index (χ1) is 10.8. The van der Waals surface area contributed by atoms with Crippen molar-refractivity contribution in [2.45, 2.75) is 13.2 Å². The topological polar surface area (TPSA) is 13.1 Å². The van der Waals surface area contributed by atoms with Gasteiger partial charge in [-0.25, -0.2) is 4.57 Å². The Morgan fingerprint density at radius 3 is 2.13 bits per heavy atom. The molecule has 0 atom stereocenters. The Kier molecular flexibility index (Phi) is 7.05. The summed E-state index contributed by atoms with van der Waals surface area (Å²) in [6.45, 7) is 1.48. The van der Waals surface area contributed by atoms with E-state index >= 15 is 0 Å². The maximum absolute atomic E-state index is 5.86. The van der Waals surface area contributed by atoms with E-state index in [1.54, 1.807) is 0 Å². The van der Waals surface area contributed by atoms with E-state index in [0.717, 1.165) is 15.9 Å². The zero-order valence-electron chi connectivity index (χ0n) is 12.5. The largest absolute Gasteiger partial charge is 1.00 e. The zero-order chi connectivity index (χ0) is 15.2. The van der Waals surface area contributed by atoms with Crippen molar-refractivity contribution in [2.75, 3.05) is 0 Å². The van der Waals surface area contributed by atoms with Crippen molar-refractivity contribution in [2.24, 2.45) is 0 Å². The van der Waals surface area contributed by atoms with Gasteiger partial charge < -0.3 is 21.7 Å². The van der Waals surface area contributed by atoms with Crippen molar-refractivity contribution < 1.29 is 26.3 Å². The van der Waals surface area contributed by atoms with Crippen LogP contribution >= 0.6 is 22.6 Å². The third kappa shape index (κ3) is 5.32. The summed E-state index contributed by atoms with van der Waals surface area (Å²) in [6.07, 6.45) is 4.20. The Balaban J connectivity index is 0.00000192. The van der Waals surface area contributed by atoms with E-state index in [-0.39, 0.29) is 17.0 Å². The highest BCUT2D eigenvalue weighted by Crippen LogP contribution is 2.20. The van der Waals surface area contributed by atoms with E-state index in [0.29, 0.717) is 6.61 Å². The first kappa shape index (κ1) is 17.9. The number of ether oxygens (including phenoxy) is 1. The highest BCUT2D eigenvalue weighted by molar-refractivity contribution is 14.1. The summed E-state index contributed by atoms with van der Waals surface area (Å²) in [7, 11) is 0. The fraction of sp³-hybridized carbons (Fsp3) is 0.105. The van der Waals surface area contributed by atoms with Crippen LogP contribution in [0.5, 0.6) is 5.75 Å². The second-order valence-corrected chi connectivity index (χ2v) is 6.25. The maximum Gasteiger partial charge on any atom is 0.173 e. The summed E-state index contributed by atoms with van der Waals surface area (Å²) in [4.78, 5) is 0. The number of halogens is 2. The Labute approximate surface area is 161 Å². The van der Waals surface area contributed by atoms with Crippen LogP contribution in [0.3, 0.4) is 0 Å². The molecular weight excluding hydrogens is 465 g/mol. The number of pyridine rings is 1. The van der Waals surface area contributed by atoms with Crippen LogP contribution < -0.4 is 26.3 Å². The van der Waals surface area contributed by atoms with E-state index in [1.807, 2.05) is 24.3 Å². The SMILES string of the molecule is Ic1ccccc1OCc1cc[n+](Cc2ccccc2)cc1.[Br-]. The molecule has 118 valence electrons. The van der Waals surface area contributed by atoms with Crippen LogP contribution in [0.1, 0.15) is 11.1 Å². The van der Waals surface area contributed by atoms with Gasteiger partial charge in [-0.3, -0.25) is 0 Å². The van der Waals surface area contributed by atoms with Gasteiger partial charge in [-0.15, -0.1) is 0 Å². The van der Waals surface area contributed by atoms with Gasteiger partial charge in [-0.1, -0.05) is 42.5 Å². The fourth-order valence-corrected chi connectivity index (χ4v) is 2.75.